The molecular formula is C3H6N4. The van der Waals surface area contributed by atoms with Gasteiger partial charge in [0.2, 0.25) is 0 Å². The molecule has 1 rings (SSSR count). The second-order valence-corrected chi connectivity index (χ2v) is 1.15. The average molecular weight is 98.1 g/mol. The second-order valence-electron chi connectivity index (χ2n) is 1.15. The molecule has 0 aromatic heterocycles. The lowest BCUT2D eigenvalue weighted by molar-refractivity contribution is 0.671. The Labute approximate surface area is 41.1 Å². The molecule has 0 saturated carbocycles. The zero-order valence-electron chi connectivity index (χ0n) is 3.70. The highest BCUT2D eigenvalue weighted by Gasteiger charge is 1.92. The van der Waals surface area contributed by atoms with E-state index in [9.17, 15) is 0 Å². The van der Waals surface area contributed by atoms with Crippen molar-refractivity contribution in [2.45, 2.75) is 6.29 Å². The SMILES string of the molecule is NC1N=CN=CN1. The summed E-state index contributed by atoms with van der Waals surface area (Å²) in [6, 6.07) is 0. The standard InChI is InChI=1S/C3H6N4/c4-3-6-1-5-2-7-3/h1-3H,4H2,(H,5,6,7). The molecule has 0 spiro atoms. The monoisotopic (exact) mass is 98.1 g/mol. The van der Waals surface area contributed by atoms with E-state index in [-0.39, 0.29) is 6.29 Å². The maximum absolute atomic E-state index is 5.23. The normalized spacial score (nSPS) is 27.3. The predicted molar refractivity (Wildman–Crippen MR) is 28.1 cm³/mol. The molecule has 0 radical (unpaired) electrons. The summed E-state index contributed by atoms with van der Waals surface area (Å²) in [5, 5.41) is 2.67. The Hall–Kier alpha value is -0.900. The zero-order chi connectivity index (χ0) is 5.11. The summed E-state index contributed by atoms with van der Waals surface area (Å²) in [7, 11) is 0. The highest BCUT2D eigenvalue weighted by molar-refractivity contribution is 5.73. The number of hydrogen-bond acceptors (Lipinski definition) is 4. The van der Waals surface area contributed by atoms with Gasteiger partial charge in [0, 0.05) is 0 Å². The first-order valence-corrected chi connectivity index (χ1v) is 1.94. The largest absolute Gasteiger partial charge is 0.342 e. The molecule has 1 heterocycles. The van der Waals surface area contributed by atoms with Crippen molar-refractivity contribution in [1.29, 1.82) is 0 Å². The van der Waals surface area contributed by atoms with Crippen LogP contribution in [0.3, 0.4) is 0 Å². The van der Waals surface area contributed by atoms with Crippen LogP contribution in [0.15, 0.2) is 9.98 Å². The molecule has 0 bridgehead atoms. The molecule has 1 unspecified atom stereocenters. The quantitative estimate of drug-likeness (QED) is 0.403. The summed E-state index contributed by atoms with van der Waals surface area (Å²) < 4.78 is 0. The molecule has 0 fully saturated rings. The fourth-order valence-corrected chi connectivity index (χ4v) is 0.306. The average Bonchev–Trinajstić information content (AvgIpc) is 1.69. The molecule has 0 saturated heterocycles. The lowest BCUT2D eigenvalue weighted by atomic mass is 10.8. The van der Waals surface area contributed by atoms with Gasteiger partial charge in [-0.2, -0.15) is 0 Å². The van der Waals surface area contributed by atoms with Gasteiger partial charge >= 0.3 is 0 Å². The molecule has 0 aromatic carbocycles. The molecule has 3 N–H and O–H groups in total. The van der Waals surface area contributed by atoms with Gasteiger partial charge in [-0.1, -0.05) is 0 Å². The van der Waals surface area contributed by atoms with Crippen molar-refractivity contribution < 1.29 is 0 Å². The fraction of sp³-hybridized carbons (Fsp3) is 0.333. The van der Waals surface area contributed by atoms with E-state index in [2.05, 4.69) is 15.3 Å². The van der Waals surface area contributed by atoms with Crippen LogP contribution < -0.4 is 11.1 Å². The van der Waals surface area contributed by atoms with E-state index in [1.54, 1.807) is 0 Å². The van der Waals surface area contributed by atoms with Gasteiger partial charge in [-0.05, 0) is 0 Å². The van der Waals surface area contributed by atoms with E-state index in [4.69, 9.17) is 5.73 Å². The number of nitrogens with two attached hydrogens (primary N) is 1. The first-order chi connectivity index (χ1) is 3.39. The minimum atomic E-state index is -0.294. The zero-order valence-corrected chi connectivity index (χ0v) is 3.70. The topological polar surface area (TPSA) is 62.8 Å². The van der Waals surface area contributed by atoms with Crippen molar-refractivity contribution in [3.63, 3.8) is 0 Å². The van der Waals surface area contributed by atoms with E-state index in [1.165, 1.54) is 12.7 Å². The molecule has 7 heavy (non-hydrogen) atoms. The number of rotatable bonds is 0. The smallest absolute Gasteiger partial charge is 0.173 e. The van der Waals surface area contributed by atoms with Crippen LogP contribution >= 0.6 is 0 Å². The summed E-state index contributed by atoms with van der Waals surface area (Å²) in [5.74, 6) is 0. The Morgan fingerprint density at radius 3 is 2.86 bits per heavy atom. The fourth-order valence-electron chi connectivity index (χ4n) is 0.306. The van der Waals surface area contributed by atoms with Crippen molar-refractivity contribution in [2.75, 3.05) is 0 Å². The Morgan fingerprint density at radius 1 is 1.71 bits per heavy atom. The van der Waals surface area contributed by atoms with E-state index in [1.807, 2.05) is 0 Å². The van der Waals surface area contributed by atoms with Crippen LogP contribution in [0.4, 0.5) is 0 Å². The minimum absolute atomic E-state index is 0.294. The van der Waals surface area contributed by atoms with Crippen LogP contribution in [-0.4, -0.2) is 19.0 Å². The Kier molecular flexibility index (Phi) is 1.04. The van der Waals surface area contributed by atoms with Gasteiger partial charge in [-0.25, -0.2) is 9.98 Å². The molecule has 38 valence electrons. The van der Waals surface area contributed by atoms with E-state index in [0.717, 1.165) is 0 Å². The van der Waals surface area contributed by atoms with Crippen LogP contribution in [0.5, 0.6) is 0 Å². The lowest BCUT2D eigenvalue weighted by Crippen LogP contribution is -2.36. The summed E-state index contributed by atoms with van der Waals surface area (Å²) in [5.41, 5.74) is 5.23. The third-order valence-electron chi connectivity index (χ3n) is 0.614. The number of aliphatic imine (C=N–C) groups is 2. The first-order valence-electron chi connectivity index (χ1n) is 1.94. The van der Waals surface area contributed by atoms with Gasteiger partial charge < -0.3 is 5.32 Å². The molecule has 0 aromatic rings. The Morgan fingerprint density at radius 2 is 2.57 bits per heavy atom. The van der Waals surface area contributed by atoms with Crippen molar-refractivity contribution >= 4 is 12.7 Å². The van der Waals surface area contributed by atoms with Crippen molar-refractivity contribution in [3.8, 4) is 0 Å². The van der Waals surface area contributed by atoms with Crippen LogP contribution in [0.2, 0.25) is 0 Å². The van der Waals surface area contributed by atoms with Crippen LogP contribution in [-0.2, 0) is 0 Å². The second kappa shape index (κ2) is 1.70. The highest BCUT2D eigenvalue weighted by atomic mass is 15.2. The molecule has 1 aliphatic rings. The summed E-state index contributed by atoms with van der Waals surface area (Å²) in [6.07, 6.45) is 2.64. The molecular weight excluding hydrogens is 92.1 g/mol. The Balaban J connectivity index is 2.49. The summed E-state index contributed by atoms with van der Waals surface area (Å²) in [6.45, 7) is 0. The van der Waals surface area contributed by atoms with Gasteiger partial charge in [0.25, 0.3) is 0 Å². The molecule has 4 nitrogen and oxygen atoms in total. The lowest BCUT2D eigenvalue weighted by Gasteiger charge is -2.05. The number of nitrogens with zero attached hydrogens (tertiary/aromatic N) is 2. The number of hydrogen-bond donors (Lipinski definition) is 2. The third-order valence-corrected chi connectivity index (χ3v) is 0.614. The maximum Gasteiger partial charge on any atom is 0.173 e. The van der Waals surface area contributed by atoms with Gasteiger partial charge in [-0.3, -0.25) is 5.73 Å². The van der Waals surface area contributed by atoms with Gasteiger partial charge in [0.05, 0.1) is 6.34 Å². The van der Waals surface area contributed by atoms with Gasteiger partial charge in [0.1, 0.15) is 6.34 Å². The van der Waals surface area contributed by atoms with Gasteiger partial charge in [0.15, 0.2) is 6.29 Å². The predicted octanol–water partition coefficient (Wildman–Crippen LogP) is -1.11. The number of nitrogens with one attached hydrogen (secondary N) is 1. The van der Waals surface area contributed by atoms with E-state index in [0.29, 0.717) is 0 Å². The van der Waals surface area contributed by atoms with E-state index >= 15 is 0 Å². The minimum Gasteiger partial charge on any atom is -0.342 e. The summed E-state index contributed by atoms with van der Waals surface area (Å²) >= 11 is 0. The highest BCUT2D eigenvalue weighted by Crippen LogP contribution is 1.74. The first kappa shape index (κ1) is 4.26. The van der Waals surface area contributed by atoms with Gasteiger partial charge in [-0.15, -0.1) is 0 Å². The molecule has 4 heteroatoms. The maximum atomic E-state index is 5.23. The van der Waals surface area contributed by atoms with Crippen LogP contribution in [0.1, 0.15) is 0 Å². The van der Waals surface area contributed by atoms with Crippen LogP contribution in [0, 0.1) is 0 Å². The van der Waals surface area contributed by atoms with Crippen molar-refractivity contribution in [3.05, 3.63) is 0 Å². The molecule has 0 aliphatic carbocycles. The molecule has 1 aliphatic heterocycles. The van der Waals surface area contributed by atoms with Crippen molar-refractivity contribution in [1.82, 2.24) is 5.32 Å². The Bertz CT molecular complexity index is 106. The molecule has 1 atom stereocenters. The summed E-state index contributed by atoms with van der Waals surface area (Å²) in [4.78, 5) is 7.29. The third kappa shape index (κ3) is 0.972. The van der Waals surface area contributed by atoms with Crippen LogP contribution in [0.25, 0.3) is 0 Å². The van der Waals surface area contributed by atoms with E-state index < -0.39 is 0 Å². The van der Waals surface area contributed by atoms with Crippen molar-refractivity contribution in [2.24, 2.45) is 15.7 Å². The molecule has 0 amide bonds.